The lowest BCUT2D eigenvalue weighted by Gasteiger charge is -2.09. The van der Waals surface area contributed by atoms with Crippen molar-refractivity contribution in [3.8, 4) is 5.75 Å². The zero-order chi connectivity index (χ0) is 16.7. The quantitative estimate of drug-likeness (QED) is 0.636. The van der Waals surface area contributed by atoms with Crippen molar-refractivity contribution >= 4 is 29.2 Å². The van der Waals surface area contributed by atoms with Gasteiger partial charge >= 0.3 is 6.09 Å². The second-order valence-corrected chi connectivity index (χ2v) is 5.08. The third-order valence-electron chi connectivity index (χ3n) is 2.92. The summed E-state index contributed by atoms with van der Waals surface area (Å²) in [7, 11) is 0. The van der Waals surface area contributed by atoms with Gasteiger partial charge in [-0.1, -0.05) is 29.8 Å². The average molecular weight is 334 g/mol. The van der Waals surface area contributed by atoms with E-state index in [2.05, 4.69) is 5.32 Å². The molecule has 0 spiro atoms. The van der Waals surface area contributed by atoms with E-state index >= 15 is 0 Å². The van der Waals surface area contributed by atoms with Gasteiger partial charge in [0.1, 0.15) is 19.0 Å². The molecule has 23 heavy (non-hydrogen) atoms. The molecule has 0 radical (unpaired) electrons. The Labute approximate surface area is 139 Å². The lowest BCUT2D eigenvalue weighted by atomic mass is 10.1. The van der Waals surface area contributed by atoms with Crippen LogP contribution in [0.25, 0.3) is 0 Å². The van der Waals surface area contributed by atoms with Gasteiger partial charge in [0.15, 0.2) is 5.78 Å². The van der Waals surface area contributed by atoms with Crippen LogP contribution in [0, 0.1) is 0 Å². The highest BCUT2D eigenvalue weighted by atomic mass is 35.5. The zero-order valence-corrected chi connectivity index (χ0v) is 13.3. The summed E-state index contributed by atoms with van der Waals surface area (Å²) in [5, 5.41) is 2.82. The predicted octanol–water partition coefficient (Wildman–Crippen LogP) is 4.17. The van der Waals surface area contributed by atoms with E-state index in [0.717, 1.165) is 0 Å². The molecule has 0 aliphatic carbocycles. The molecular weight excluding hydrogens is 318 g/mol. The van der Waals surface area contributed by atoms with Crippen molar-refractivity contribution in [1.29, 1.82) is 0 Å². The summed E-state index contributed by atoms with van der Waals surface area (Å²) in [6.07, 6.45) is -0.617. The molecule has 0 saturated carbocycles. The number of amides is 1. The van der Waals surface area contributed by atoms with Crippen LogP contribution in [0.2, 0.25) is 5.02 Å². The Hall–Kier alpha value is -2.53. The molecule has 2 aromatic carbocycles. The van der Waals surface area contributed by atoms with Crippen LogP contribution < -0.4 is 10.1 Å². The van der Waals surface area contributed by atoms with Crippen molar-refractivity contribution in [3.63, 3.8) is 0 Å². The van der Waals surface area contributed by atoms with Gasteiger partial charge in [0, 0.05) is 11.3 Å². The second-order valence-electron chi connectivity index (χ2n) is 4.67. The molecule has 2 rings (SSSR count). The lowest BCUT2D eigenvalue weighted by Crippen LogP contribution is -2.17. The van der Waals surface area contributed by atoms with Crippen LogP contribution in [0.15, 0.2) is 48.5 Å². The van der Waals surface area contributed by atoms with E-state index in [1.165, 1.54) is 13.0 Å². The molecule has 0 unspecified atom stereocenters. The number of para-hydroxylation sites is 1. The summed E-state index contributed by atoms with van der Waals surface area (Å²) in [6.45, 7) is 1.79. The lowest BCUT2D eigenvalue weighted by molar-refractivity contribution is 0.101. The van der Waals surface area contributed by atoms with Crippen LogP contribution >= 0.6 is 11.6 Å². The normalized spacial score (nSPS) is 10.0. The van der Waals surface area contributed by atoms with Gasteiger partial charge in [0.2, 0.25) is 0 Å². The van der Waals surface area contributed by atoms with Gasteiger partial charge in [-0.15, -0.1) is 0 Å². The molecule has 0 aliphatic rings. The molecule has 0 heterocycles. The minimum absolute atomic E-state index is 0.111. The molecule has 6 heteroatoms. The Bertz CT molecular complexity index is 688. The van der Waals surface area contributed by atoms with Crippen molar-refractivity contribution < 1.29 is 19.1 Å². The van der Waals surface area contributed by atoms with Gasteiger partial charge in [-0.2, -0.15) is 0 Å². The van der Waals surface area contributed by atoms with Gasteiger partial charge in [0.25, 0.3) is 0 Å². The molecule has 0 fully saturated rings. The standard InChI is InChI=1S/C17H16ClNO4/c1-12(20)15-8-7-13(11-16(15)18)19-17(21)23-10-9-22-14-5-3-2-4-6-14/h2-8,11H,9-10H2,1H3,(H,19,21). The number of Topliss-reactive ketones (excluding diaryl/α,β-unsaturated/α-hetero) is 1. The van der Waals surface area contributed by atoms with Crippen molar-refractivity contribution in [2.45, 2.75) is 6.92 Å². The number of hydrogen-bond acceptors (Lipinski definition) is 4. The van der Waals surface area contributed by atoms with Crippen LogP contribution in [0.4, 0.5) is 10.5 Å². The summed E-state index contributed by atoms with van der Waals surface area (Å²) >= 11 is 5.97. The molecule has 2 aromatic rings. The fourth-order valence-corrected chi connectivity index (χ4v) is 2.16. The Morgan fingerprint density at radius 3 is 2.48 bits per heavy atom. The van der Waals surface area contributed by atoms with E-state index in [9.17, 15) is 9.59 Å². The largest absolute Gasteiger partial charge is 0.490 e. The number of benzene rings is 2. The molecule has 0 atom stereocenters. The highest BCUT2D eigenvalue weighted by Gasteiger charge is 2.08. The SMILES string of the molecule is CC(=O)c1ccc(NC(=O)OCCOc2ccccc2)cc1Cl. The fraction of sp³-hybridized carbons (Fsp3) is 0.176. The maximum atomic E-state index is 11.7. The highest BCUT2D eigenvalue weighted by Crippen LogP contribution is 2.21. The van der Waals surface area contributed by atoms with Gasteiger partial charge < -0.3 is 9.47 Å². The number of ether oxygens (including phenoxy) is 2. The number of halogens is 1. The zero-order valence-electron chi connectivity index (χ0n) is 12.5. The second kappa shape index (κ2) is 8.19. The van der Waals surface area contributed by atoms with Crippen molar-refractivity contribution in [1.82, 2.24) is 0 Å². The molecule has 1 N–H and O–H groups in total. The molecule has 5 nitrogen and oxygen atoms in total. The fourth-order valence-electron chi connectivity index (χ4n) is 1.84. The smallest absolute Gasteiger partial charge is 0.411 e. The molecule has 0 aromatic heterocycles. The van der Waals surface area contributed by atoms with E-state index in [1.54, 1.807) is 12.1 Å². The number of carbonyl (C=O) groups excluding carboxylic acids is 2. The Morgan fingerprint density at radius 1 is 1.09 bits per heavy atom. The Balaban J connectivity index is 1.76. The summed E-state index contributed by atoms with van der Waals surface area (Å²) in [6, 6.07) is 13.9. The maximum Gasteiger partial charge on any atom is 0.411 e. The molecule has 120 valence electrons. The summed E-state index contributed by atoms with van der Waals surface area (Å²) in [5.74, 6) is 0.574. The highest BCUT2D eigenvalue weighted by molar-refractivity contribution is 6.34. The van der Waals surface area contributed by atoms with Gasteiger partial charge in [0.05, 0.1) is 5.02 Å². The topological polar surface area (TPSA) is 64.6 Å². The van der Waals surface area contributed by atoms with E-state index in [-0.39, 0.29) is 24.0 Å². The summed E-state index contributed by atoms with van der Waals surface area (Å²) < 4.78 is 10.4. The Morgan fingerprint density at radius 2 is 1.83 bits per heavy atom. The summed E-state index contributed by atoms with van der Waals surface area (Å²) in [5.41, 5.74) is 0.857. The predicted molar refractivity (Wildman–Crippen MR) is 88.4 cm³/mol. The third kappa shape index (κ3) is 5.30. The van der Waals surface area contributed by atoms with Crippen molar-refractivity contribution in [2.24, 2.45) is 0 Å². The number of carbonyl (C=O) groups is 2. The number of ketones is 1. The first kappa shape index (κ1) is 16.8. The van der Waals surface area contributed by atoms with E-state index in [4.69, 9.17) is 21.1 Å². The third-order valence-corrected chi connectivity index (χ3v) is 3.24. The van der Waals surface area contributed by atoms with Crippen molar-refractivity contribution in [3.05, 3.63) is 59.1 Å². The minimum atomic E-state index is -0.617. The van der Waals surface area contributed by atoms with Crippen LogP contribution in [-0.4, -0.2) is 25.1 Å². The minimum Gasteiger partial charge on any atom is -0.490 e. The number of nitrogens with one attached hydrogen (secondary N) is 1. The Kier molecular flexibility index (Phi) is 6.00. The van der Waals surface area contributed by atoms with Gasteiger partial charge in [-0.05, 0) is 37.3 Å². The molecule has 0 bridgehead atoms. The first-order valence-electron chi connectivity index (χ1n) is 6.98. The van der Waals surface area contributed by atoms with Gasteiger partial charge in [-0.25, -0.2) is 4.79 Å². The van der Waals surface area contributed by atoms with E-state index in [1.807, 2.05) is 30.3 Å². The molecular formula is C17H16ClNO4. The van der Waals surface area contributed by atoms with Crippen LogP contribution in [0.3, 0.4) is 0 Å². The molecule has 0 saturated heterocycles. The van der Waals surface area contributed by atoms with Crippen LogP contribution in [-0.2, 0) is 4.74 Å². The molecule has 1 amide bonds. The number of hydrogen-bond donors (Lipinski definition) is 1. The van der Waals surface area contributed by atoms with E-state index in [0.29, 0.717) is 17.0 Å². The maximum absolute atomic E-state index is 11.7. The monoisotopic (exact) mass is 333 g/mol. The van der Waals surface area contributed by atoms with Crippen LogP contribution in [0.5, 0.6) is 5.75 Å². The van der Waals surface area contributed by atoms with Gasteiger partial charge in [-0.3, -0.25) is 10.1 Å². The first-order chi connectivity index (χ1) is 11.1. The van der Waals surface area contributed by atoms with Crippen molar-refractivity contribution in [2.75, 3.05) is 18.5 Å². The van der Waals surface area contributed by atoms with Crippen LogP contribution in [0.1, 0.15) is 17.3 Å². The van der Waals surface area contributed by atoms with E-state index < -0.39 is 6.09 Å². The summed E-state index contributed by atoms with van der Waals surface area (Å²) in [4.78, 5) is 22.9. The first-order valence-corrected chi connectivity index (χ1v) is 7.36. The number of anilines is 1. The molecule has 0 aliphatic heterocycles. The number of rotatable bonds is 6. The average Bonchev–Trinajstić information content (AvgIpc) is 2.52.